The summed E-state index contributed by atoms with van der Waals surface area (Å²) in [5.41, 5.74) is 10.3. The number of carbonyl (C=O) groups is 4. The quantitative estimate of drug-likeness (QED) is 0.298. The topological polar surface area (TPSA) is 157 Å². The van der Waals surface area contributed by atoms with E-state index in [1.54, 1.807) is 12.3 Å². The molecule has 1 spiro atoms. The van der Waals surface area contributed by atoms with Gasteiger partial charge in [-0.2, -0.15) is 0 Å². The molecule has 4 amide bonds. The van der Waals surface area contributed by atoms with Gasteiger partial charge in [0, 0.05) is 62.0 Å². The van der Waals surface area contributed by atoms with Crippen LogP contribution in [0.15, 0.2) is 60.9 Å². The molecule has 5 aliphatic rings. The molecule has 5 aliphatic heterocycles. The van der Waals surface area contributed by atoms with Crippen molar-refractivity contribution >= 4 is 52.3 Å². The van der Waals surface area contributed by atoms with Crippen molar-refractivity contribution < 1.29 is 19.2 Å². The lowest BCUT2D eigenvalue weighted by Gasteiger charge is -2.48. The van der Waals surface area contributed by atoms with E-state index in [2.05, 4.69) is 49.0 Å². The number of benzene rings is 2. The summed E-state index contributed by atoms with van der Waals surface area (Å²) in [4.78, 5) is 68.5. The van der Waals surface area contributed by atoms with Gasteiger partial charge < -0.3 is 31.1 Å². The van der Waals surface area contributed by atoms with E-state index in [-0.39, 0.29) is 17.0 Å². The van der Waals surface area contributed by atoms with E-state index in [0.717, 1.165) is 106 Å². The number of anilines is 5. The fourth-order valence-electron chi connectivity index (χ4n) is 8.53. The summed E-state index contributed by atoms with van der Waals surface area (Å²) in [7, 11) is 0. The van der Waals surface area contributed by atoms with Gasteiger partial charge in [-0.25, -0.2) is 9.97 Å². The minimum Gasteiger partial charge on any atom is -0.371 e. The first-order valence-corrected chi connectivity index (χ1v) is 18.5. The Morgan fingerprint density at radius 1 is 0.827 bits per heavy atom. The lowest BCUT2D eigenvalue weighted by atomic mass is 9.71. The summed E-state index contributed by atoms with van der Waals surface area (Å²) in [6, 6.07) is 12.9. The van der Waals surface area contributed by atoms with Crippen molar-refractivity contribution in [2.75, 3.05) is 59.3 Å². The van der Waals surface area contributed by atoms with Gasteiger partial charge >= 0.3 is 0 Å². The van der Waals surface area contributed by atoms with Crippen LogP contribution in [-0.4, -0.2) is 83.8 Å². The Kier molecular flexibility index (Phi) is 8.80. The van der Waals surface area contributed by atoms with Gasteiger partial charge in [-0.1, -0.05) is 6.58 Å². The van der Waals surface area contributed by atoms with Crippen LogP contribution in [-0.2, 0) is 4.79 Å². The van der Waals surface area contributed by atoms with E-state index in [1.807, 2.05) is 24.3 Å². The fourth-order valence-corrected chi connectivity index (χ4v) is 8.53. The van der Waals surface area contributed by atoms with Crippen LogP contribution in [0, 0.1) is 5.41 Å². The number of nitrogens with one attached hydrogen (secondary N) is 2. The van der Waals surface area contributed by atoms with Crippen LogP contribution in [0.5, 0.6) is 0 Å². The Labute approximate surface area is 303 Å². The minimum absolute atomic E-state index is 0.126. The molecule has 4 fully saturated rings. The third-order valence-electron chi connectivity index (χ3n) is 11.7. The lowest BCUT2D eigenvalue weighted by molar-refractivity contribution is -0.125. The monoisotopic (exact) mass is 703 g/mol. The van der Waals surface area contributed by atoms with Crippen molar-refractivity contribution in [1.82, 2.24) is 20.2 Å². The third kappa shape index (κ3) is 6.33. The summed E-state index contributed by atoms with van der Waals surface area (Å²) in [5, 5.41) is 5.98. The van der Waals surface area contributed by atoms with Crippen LogP contribution in [0.1, 0.15) is 89.0 Å². The first-order valence-electron chi connectivity index (χ1n) is 18.5. The second-order valence-electron chi connectivity index (χ2n) is 14.8. The molecule has 0 bridgehead atoms. The maximum atomic E-state index is 13.4. The lowest BCUT2D eigenvalue weighted by Crippen LogP contribution is -2.51. The molecule has 1 unspecified atom stereocenters. The van der Waals surface area contributed by atoms with E-state index in [9.17, 15) is 19.2 Å². The number of allylic oxidation sites excluding steroid dienone is 1. The highest BCUT2D eigenvalue weighted by atomic mass is 16.2. The zero-order valence-corrected chi connectivity index (χ0v) is 29.4. The van der Waals surface area contributed by atoms with Crippen molar-refractivity contribution in [1.29, 1.82) is 0 Å². The maximum Gasteiger partial charge on any atom is 0.271 e. The predicted octanol–water partition coefficient (Wildman–Crippen LogP) is 4.58. The van der Waals surface area contributed by atoms with Gasteiger partial charge in [-0.3, -0.25) is 24.1 Å². The van der Waals surface area contributed by atoms with Crippen molar-refractivity contribution in [2.24, 2.45) is 11.1 Å². The zero-order valence-electron chi connectivity index (χ0n) is 29.4. The summed E-state index contributed by atoms with van der Waals surface area (Å²) in [6.45, 7) is 9.35. The Morgan fingerprint density at radius 2 is 1.46 bits per heavy atom. The van der Waals surface area contributed by atoms with Gasteiger partial charge in [-0.05, 0) is 106 Å². The van der Waals surface area contributed by atoms with Gasteiger partial charge in [0.2, 0.25) is 5.91 Å². The number of aromatic nitrogens is 2. The molecule has 1 aromatic heterocycles. The number of primary amides is 1. The summed E-state index contributed by atoms with van der Waals surface area (Å²) in [6.07, 6.45) is 10.3. The zero-order chi connectivity index (χ0) is 36.0. The van der Waals surface area contributed by atoms with Crippen molar-refractivity contribution in [2.45, 2.75) is 63.8 Å². The molecule has 3 aromatic rings. The molecule has 270 valence electrons. The van der Waals surface area contributed by atoms with Crippen LogP contribution in [0.2, 0.25) is 0 Å². The molecular formula is C39H45N9O4. The van der Waals surface area contributed by atoms with Gasteiger partial charge in [0.05, 0.1) is 17.3 Å². The van der Waals surface area contributed by atoms with Crippen LogP contribution in [0.4, 0.5) is 28.7 Å². The first-order chi connectivity index (χ1) is 25.2. The van der Waals surface area contributed by atoms with Crippen molar-refractivity contribution in [3.8, 4) is 0 Å². The second kappa shape index (κ2) is 13.6. The van der Waals surface area contributed by atoms with Gasteiger partial charge in [0.1, 0.15) is 11.9 Å². The SMILES string of the molecule is C=C1CCC(N2C(=O)c3ccc(N4CCC5(CCN(c6ccc(Nc7nc(N8CCCCC8)cnc7C(N)=O)cc6)CC5)CC4)cc3C2=O)C(=O)N1. The van der Waals surface area contributed by atoms with Crippen molar-refractivity contribution in [3.63, 3.8) is 0 Å². The molecule has 0 saturated carbocycles. The van der Waals surface area contributed by atoms with Gasteiger partial charge in [0.25, 0.3) is 17.7 Å². The number of rotatable bonds is 7. The van der Waals surface area contributed by atoms with E-state index in [1.165, 1.54) is 6.42 Å². The Hall–Kier alpha value is -5.46. The number of piperidine rings is 4. The Balaban J connectivity index is 0.868. The van der Waals surface area contributed by atoms with Crippen LogP contribution >= 0.6 is 0 Å². The molecule has 8 rings (SSSR count). The average Bonchev–Trinajstić information content (AvgIpc) is 3.41. The maximum absolute atomic E-state index is 13.4. The van der Waals surface area contributed by atoms with E-state index in [4.69, 9.17) is 10.7 Å². The number of hydrogen-bond acceptors (Lipinski definition) is 10. The number of fused-ring (bicyclic) bond motifs is 1. The highest BCUT2D eigenvalue weighted by molar-refractivity contribution is 6.23. The molecule has 13 nitrogen and oxygen atoms in total. The average molecular weight is 704 g/mol. The largest absolute Gasteiger partial charge is 0.371 e. The summed E-state index contributed by atoms with van der Waals surface area (Å²) >= 11 is 0. The molecule has 13 heteroatoms. The Morgan fingerprint density at radius 3 is 2.12 bits per heavy atom. The molecule has 1 atom stereocenters. The third-order valence-corrected chi connectivity index (χ3v) is 11.7. The van der Waals surface area contributed by atoms with Crippen molar-refractivity contribution in [3.05, 3.63) is 77.8 Å². The van der Waals surface area contributed by atoms with Crippen LogP contribution < -0.4 is 31.1 Å². The molecule has 4 saturated heterocycles. The Bertz CT molecular complexity index is 1920. The van der Waals surface area contributed by atoms with E-state index in [0.29, 0.717) is 35.5 Å². The van der Waals surface area contributed by atoms with E-state index < -0.39 is 23.8 Å². The van der Waals surface area contributed by atoms with Gasteiger partial charge in [0.15, 0.2) is 11.5 Å². The number of imide groups is 1. The number of hydrogen-bond donors (Lipinski definition) is 3. The smallest absolute Gasteiger partial charge is 0.271 e. The highest BCUT2D eigenvalue weighted by Crippen LogP contribution is 2.43. The van der Waals surface area contributed by atoms with Gasteiger partial charge in [-0.15, -0.1) is 0 Å². The molecule has 52 heavy (non-hydrogen) atoms. The highest BCUT2D eigenvalue weighted by Gasteiger charge is 2.44. The molecule has 6 heterocycles. The molecule has 2 aromatic carbocycles. The number of amides is 4. The first kappa shape index (κ1) is 33.7. The summed E-state index contributed by atoms with van der Waals surface area (Å²) < 4.78 is 0. The number of nitrogens with zero attached hydrogens (tertiary/aromatic N) is 6. The molecule has 0 radical (unpaired) electrons. The molecule has 4 N–H and O–H groups in total. The minimum atomic E-state index is -0.810. The van der Waals surface area contributed by atoms with E-state index >= 15 is 0 Å². The normalized spacial score (nSPS) is 21.7. The number of carbonyl (C=O) groups excluding carboxylic acids is 4. The molecule has 0 aliphatic carbocycles. The molecular weight excluding hydrogens is 658 g/mol. The fraction of sp³-hybridized carbons (Fsp3) is 0.436. The van der Waals surface area contributed by atoms with Crippen LogP contribution in [0.3, 0.4) is 0 Å². The second-order valence-corrected chi connectivity index (χ2v) is 14.8. The van der Waals surface area contributed by atoms with Crippen LogP contribution in [0.25, 0.3) is 0 Å². The predicted molar refractivity (Wildman–Crippen MR) is 199 cm³/mol. The standard InChI is InChI=1S/C39H45N9O4/c1-25-5-12-31(36(50)42-25)48-37(51)29-11-10-28(23-30(29)38(48)52)46-21-15-39(16-22-46)13-19-45(20-14-39)27-8-6-26(7-9-27)43-35-33(34(40)49)41-24-32(44-35)47-17-3-2-4-18-47/h6-11,23-24,31H,1-5,12-22H2,(H2,40,49)(H,42,50)(H,43,44). The summed E-state index contributed by atoms with van der Waals surface area (Å²) in [5.74, 6) is -0.649. The number of nitrogens with two attached hydrogens (primary N) is 1.